The van der Waals surface area contributed by atoms with Gasteiger partial charge in [0.1, 0.15) is 11.4 Å². The van der Waals surface area contributed by atoms with Gasteiger partial charge in [-0.15, -0.1) is 0 Å². The van der Waals surface area contributed by atoms with Crippen LogP contribution >= 0.6 is 11.6 Å². The Bertz CT molecular complexity index is 503. The standard InChI is InChI=1S/C16H20ClFO2/c1-11-4-3-7-16(10-11,20-2)15(19)9-12-5-6-13(17)14(18)8-12/h5-6,8,11H,3-4,7,9-10H2,1-2H3. The van der Waals surface area contributed by atoms with Crippen LogP contribution in [0.3, 0.4) is 0 Å². The zero-order valence-electron chi connectivity index (χ0n) is 11.9. The molecule has 0 bridgehead atoms. The van der Waals surface area contributed by atoms with Crippen molar-refractivity contribution in [2.24, 2.45) is 5.92 Å². The smallest absolute Gasteiger partial charge is 0.168 e. The SMILES string of the molecule is COC1(C(=O)Cc2ccc(Cl)c(F)c2)CCCC(C)C1. The Labute approximate surface area is 124 Å². The summed E-state index contributed by atoms with van der Waals surface area (Å²) in [7, 11) is 1.60. The third kappa shape index (κ3) is 3.21. The first-order chi connectivity index (χ1) is 9.47. The van der Waals surface area contributed by atoms with Crippen molar-refractivity contribution in [1.29, 1.82) is 0 Å². The highest BCUT2D eigenvalue weighted by Crippen LogP contribution is 2.36. The van der Waals surface area contributed by atoms with Crippen molar-refractivity contribution in [1.82, 2.24) is 0 Å². The van der Waals surface area contributed by atoms with Gasteiger partial charge in [0.15, 0.2) is 5.78 Å². The number of ether oxygens (including phenoxy) is 1. The lowest BCUT2D eigenvalue weighted by atomic mass is 9.75. The molecule has 2 atom stereocenters. The quantitative estimate of drug-likeness (QED) is 0.833. The summed E-state index contributed by atoms with van der Waals surface area (Å²) < 4.78 is 19.0. The van der Waals surface area contributed by atoms with Gasteiger partial charge in [-0.25, -0.2) is 4.39 Å². The van der Waals surface area contributed by atoms with Crippen molar-refractivity contribution in [3.63, 3.8) is 0 Å². The van der Waals surface area contributed by atoms with E-state index in [0.717, 1.165) is 25.7 Å². The van der Waals surface area contributed by atoms with Crippen LogP contribution in [0, 0.1) is 11.7 Å². The Kier molecular flexibility index (Phi) is 4.82. The maximum Gasteiger partial charge on any atom is 0.168 e. The first-order valence-electron chi connectivity index (χ1n) is 6.99. The van der Waals surface area contributed by atoms with Crippen molar-refractivity contribution in [2.75, 3.05) is 7.11 Å². The van der Waals surface area contributed by atoms with Gasteiger partial charge in [0.25, 0.3) is 0 Å². The lowest BCUT2D eigenvalue weighted by molar-refractivity contribution is -0.146. The molecule has 0 aromatic heterocycles. The van der Waals surface area contributed by atoms with Crippen LogP contribution in [0.5, 0.6) is 0 Å². The van der Waals surface area contributed by atoms with E-state index in [1.807, 2.05) is 0 Å². The summed E-state index contributed by atoms with van der Waals surface area (Å²) in [6.45, 7) is 2.14. The van der Waals surface area contributed by atoms with E-state index in [9.17, 15) is 9.18 Å². The Morgan fingerprint density at radius 1 is 1.55 bits per heavy atom. The number of methoxy groups -OCH3 is 1. The predicted molar refractivity (Wildman–Crippen MR) is 77.5 cm³/mol. The van der Waals surface area contributed by atoms with Crippen molar-refractivity contribution in [2.45, 2.75) is 44.6 Å². The zero-order chi connectivity index (χ0) is 14.8. The summed E-state index contributed by atoms with van der Waals surface area (Å²) >= 11 is 5.66. The molecule has 110 valence electrons. The Morgan fingerprint density at radius 3 is 2.90 bits per heavy atom. The third-order valence-electron chi connectivity index (χ3n) is 4.20. The number of rotatable bonds is 4. The molecule has 1 aromatic rings. The minimum Gasteiger partial charge on any atom is -0.370 e. The second-order valence-electron chi connectivity index (χ2n) is 5.75. The average molecular weight is 299 g/mol. The van der Waals surface area contributed by atoms with Crippen LogP contribution in [0.2, 0.25) is 5.02 Å². The van der Waals surface area contributed by atoms with Gasteiger partial charge < -0.3 is 4.74 Å². The van der Waals surface area contributed by atoms with Gasteiger partial charge in [-0.2, -0.15) is 0 Å². The fraction of sp³-hybridized carbons (Fsp3) is 0.562. The van der Waals surface area contributed by atoms with Crippen LogP contribution < -0.4 is 0 Å². The Morgan fingerprint density at radius 2 is 2.30 bits per heavy atom. The fourth-order valence-corrected chi connectivity index (χ4v) is 3.17. The maximum absolute atomic E-state index is 13.4. The van der Waals surface area contributed by atoms with E-state index in [4.69, 9.17) is 16.3 Å². The van der Waals surface area contributed by atoms with Gasteiger partial charge in [-0.1, -0.05) is 31.0 Å². The molecule has 0 radical (unpaired) electrons. The maximum atomic E-state index is 13.4. The second-order valence-corrected chi connectivity index (χ2v) is 6.16. The Hall–Kier alpha value is -0.930. The number of carbonyl (C=O) groups excluding carboxylic acids is 1. The van der Waals surface area contributed by atoms with E-state index in [2.05, 4.69) is 6.92 Å². The topological polar surface area (TPSA) is 26.3 Å². The molecule has 1 fully saturated rings. The normalized spacial score (nSPS) is 26.5. The molecule has 4 heteroatoms. The van der Waals surface area contributed by atoms with Crippen molar-refractivity contribution < 1.29 is 13.9 Å². The van der Waals surface area contributed by atoms with Crippen LogP contribution in [-0.4, -0.2) is 18.5 Å². The van der Waals surface area contributed by atoms with Gasteiger partial charge in [0.05, 0.1) is 5.02 Å². The monoisotopic (exact) mass is 298 g/mol. The molecule has 1 aromatic carbocycles. The first-order valence-corrected chi connectivity index (χ1v) is 7.37. The molecule has 2 rings (SSSR count). The molecule has 0 amide bonds. The molecular formula is C16H20ClFO2. The molecule has 0 heterocycles. The highest BCUT2D eigenvalue weighted by atomic mass is 35.5. The number of Topliss-reactive ketones (excluding diaryl/α,β-unsaturated/α-hetero) is 1. The highest BCUT2D eigenvalue weighted by molar-refractivity contribution is 6.30. The van der Waals surface area contributed by atoms with Crippen molar-refractivity contribution >= 4 is 17.4 Å². The predicted octanol–water partition coefficient (Wildman–Crippen LogP) is 4.19. The highest BCUT2D eigenvalue weighted by Gasteiger charge is 2.41. The summed E-state index contributed by atoms with van der Waals surface area (Å²) in [4.78, 5) is 12.6. The molecule has 0 aliphatic heterocycles. The van der Waals surface area contributed by atoms with E-state index >= 15 is 0 Å². The average Bonchev–Trinajstić information content (AvgIpc) is 2.42. The number of ketones is 1. The molecule has 2 unspecified atom stereocenters. The van der Waals surface area contributed by atoms with E-state index in [1.165, 1.54) is 12.1 Å². The molecule has 0 saturated heterocycles. The lowest BCUT2D eigenvalue weighted by Crippen LogP contribution is -2.45. The summed E-state index contributed by atoms with van der Waals surface area (Å²) in [6, 6.07) is 4.51. The van der Waals surface area contributed by atoms with Gasteiger partial charge in [0, 0.05) is 13.5 Å². The fourth-order valence-electron chi connectivity index (χ4n) is 3.05. The van der Waals surface area contributed by atoms with Gasteiger partial charge in [-0.3, -0.25) is 4.79 Å². The summed E-state index contributed by atoms with van der Waals surface area (Å²) in [5, 5.41) is 0.0777. The zero-order valence-corrected chi connectivity index (χ0v) is 12.7. The minimum absolute atomic E-state index is 0.0354. The summed E-state index contributed by atoms with van der Waals surface area (Å²) in [6.07, 6.45) is 3.82. The van der Waals surface area contributed by atoms with Crippen LogP contribution in [-0.2, 0) is 16.0 Å². The third-order valence-corrected chi connectivity index (χ3v) is 4.51. The number of hydrogen-bond acceptors (Lipinski definition) is 2. The molecule has 0 spiro atoms. The second kappa shape index (κ2) is 6.23. The summed E-state index contributed by atoms with van der Waals surface area (Å²) in [5.41, 5.74) is -0.0557. The molecule has 2 nitrogen and oxygen atoms in total. The number of carbonyl (C=O) groups is 1. The molecule has 20 heavy (non-hydrogen) atoms. The summed E-state index contributed by atoms with van der Waals surface area (Å²) in [5.74, 6) is 0.0309. The Balaban J connectivity index is 2.14. The molecule has 1 aliphatic carbocycles. The number of halogens is 2. The lowest BCUT2D eigenvalue weighted by Gasteiger charge is -2.37. The van der Waals surface area contributed by atoms with Gasteiger partial charge in [0.2, 0.25) is 0 Å². The van der Waals surface area contributed by atoms with Crippen LogP contribution in [0.25, 0.3) is 0 Å². The molecule has 0 N–H and O–H groups in total. The number of hydrogen-bond donors (Lipinski definition) is 0. The van der Waals surface area contributed by atoms with Crippen molar-refractivity contribution in [3.05, 3.63) is 34.6 Å². The van der Waals surface area contributed by atoms with Gasteiger partial charge in [-0.05, 0) is 42.9 Å². The molecule has 1 saturated carbocycles. The van der Waals surface area contributed by atoms with E-state index in [1.54, 1.807) is 13.2 Å². The van der Waals surface area contributed by atoms with Crippen LogP contribution in [0.1, 0.15) is 38.2 Å². The first kappa shape index (κ1) is 15.5. The number of benzene rings is 1. The van der Waals surface area contributed by atoms with Crippen molar-refractivity contribution in [3.8, 4) is 0 Å². The van der Waals surface area contributed by atoms with E-state index in [0.29, 0.717) is 11.5 Å². The minimum atomic E-state index is -0.701. The van der Waals surface area contributed by atoms with Crippen LogP contribution in [0.4, 0.5) is 4.39 Å². The van der Waals surface area contributed by atoms with Crippen LogP contribution in [0.15, 0.2) is 18.2 Å². The van der Waals surface area contributed by atoms with E-state index < -0.39 is 11.4 Å². The molecule has 1 aliphatic rings. The largest absolute Gasteiger partial charge is 0.370 e. The molecular weight excluding hydrogens is 279 g/mol. The van der Waals surface area contributed by atoms with Gasteiger partial charge >= 0.3 is 0 Å². The van der Waals surface area contributed by atoms with E-state index in [-0.39, 0.29) is 17.2 Å².